The molecule has 1 aromatic carbocycles. The van der Waals surface area contributed by atoms with E-state index in [2.05, 4.69) is 5.10 Å². The summed E-state index contributed by atoms with van der Waals surface area (Å²) in [6, 6.07) is -0.264. The van der Waals surface area contributed by atoms with E-state index in [0.29, 0.717) is 6.07 Å². The Morgan fingerprint density at radius 2 is 2.06 bits per heavy atom. The van der Waals surface area contributed by atoms with Crippen molar-refractivity contribution in [3.8, 4) is 0 Å². The number of nitrogens with zero attached hydrogens (tertiary/aromatic N) is 1. The minimum atomic E-state index is -1.42. The first kappa shape index (κ1) is 14.2. The Labute approximate surface area is 110 Å². The second-order valence-electron chi connectivity index (χ2n) is 2.99. The van der Waals surface area contributed by atoms with Gasteiger partial charge >= 0.3 is 12.0 Å². The first-order valence-corrected chi connectivity index (χ1v) is 5.09. The molecule has 6 nitrogen and oxygen atoms in total. The third kappa shape index (κ3) is 3.08. The molecular formula is C9H6Cl2FN3O3. The van der Waals surface area contributed by atoms with Gasteiger partial charge in [-0.2, -0.15) is 5.10 Å². The van der Waals surface area contributed by atoms with Crippen LogP contribution in [0.5, 0.6) is 0 Å². The maximum absolute atomic E-state index is 13.3. The Hall–Kier alpha value is -1.86. The van der Waals surface area contributed by atoms with Gasteiger partial charge in [0.05, 0.1) is 21.8 Å². The number of amides is 2. The van der Waals surface area contributed by atoms with Crippen LogP contribution in [0, 0.1) is 5.82 Å². The Kier molecular flexibility index (Phi) is 4.46. The number of hydrogen-bond donors (Lipinski definition) is 3. The maximum Gasteiger partial charge on any atom is 0.337 e. The summed E-state index contributed by atoms with van der Waals surface area (Å²) in [4.78, 5) is 21.2. The minimum Gasteiger partial charge on any atom is -0.478 e. The average molecular weight is 294 g/mol. The third-order valence-corrected chi connectivity index (χ3v) is 2.58. The Balaban J connectivity index is 3.29. The molecule has 0 heterocycles. The van der Waals surface area contributed by atoms with E-state index in [1.165, 1.54) is 0 Å². The molecule has 0 unspecified atom stereocenters. The van der Waals surface area contributed by atoms with Gasteiger partial charge in [0.2, 0.25) is 0 Å². The number of carbonyl (C=O) groups is 2. The molecule has 1 rings (SSSR count). The van der Waals surface area contributed by atoms with E-state index in [1.807, 2.05) is 5.43 Å². The summed E-state index contributed by atoms with van der Waals surface area (Å²) in [5.74, 6) is -2.40. The molecule has 0 saturated heterocycles. The second kappa shape index (κ2) is 5.65. The highest BCUT2D eigenvalue weighted by Gasteiger charge is 2.18. The molecule has 1 aromatic rings. The Morgan fingerprint density at radius 3 is 2.56 bits per heavy atom. The molecule has 9 heteroatoms. The molecule has 18 heavy (non-hydrogen) atoms. The number of hydrogen-bond acceptors (Lipinski definition) is 3. The summed E-state index contributed by atoms with van der Waals surface area (Å²) >= 11 is 11.3. The van der Waals surface area contributed by atoms with Gasteiger partial charge in [0, 0.05) is 5.56 Å². The van der Waals surface area contributed by atoms with Gasteiger partial charge in [-0.1, -0.05) is 23.2 Å². The van der Waals surface area contributed by atoms with E-state index in [9.17, 15) is 14.0 Å². The Morgan fingerprint density at radius 1 is 1.44 bits per heavy atom. The van der Waals surface area contributed by atoms with Crippen molar-refractivity contribution in [3.05, 3.63) is 33.1 Å². The number of primary amides is 1. The van der Waals surface area contributed by atoms with Gasteiger partial charge in [0.25, 0.3) is 0 Å². The summed E-state index contributed by atoms with van der Waals surface area (Å²) in [5.41, 5.74) is 5.93. The molecule has 0 aliphatic carbocycles. The van der Waals surface area contributed by atoms with E-state index >= 15 is 0 Å². The lowest BCUT2D eigenvalue weighted by Crippen LogP contribution is -2.24. The molecule has 0 aliphatic heterocycles. The van der Waals surface area contributed by atoms with Crippen LogP contribution in [0.25, 0.3) is 0 Å². The van der Waals surface area contributed by atoms with Crippen LogP contribution >= 0.6 is 23.2 Å². The predicted molar refractivity (Wildman–Crippen MR) is 63.7 cm³/mol. The zero-order valence-electron chi connectivity index (χ0n) is 8.58. The molecule has 96 valence electrons. The van der Waals surface area contributed by atoms with Gasteiger partial charge in [0.1, 0.15) is 5.82 Å². The topological polar surface area (TPSA) is 105 Å². The zero-order valence-corrected chi connectivity index (χ0v) is 10.1. The summed E-state index contributed by atoms with van der Waals surface area (Å²) in [5, 5.41) is 11.4. The van der Waals surface area contributed by atoms with Crippen molar-refractivity contribution in [3.63, 3.8) is 0 Å². The van der Waals surface area contributed by atoms with Gasteiger partial charge < -0.3 is 10.8 Å². The van der Waals surface area contributed by atoms with Crippen molar-refractivity contribution in [1.29, 1.82) is 0 Å². The molecule has 0 aromatic heterocycles. The number of benzene rings is 1. The zero-order chi connectivity index (χ0) is 13.9. The van der Waals surface area contributed by atoms with Crippen LogP contribution < -0.4 is 11.2 Å². The van der Waals surface area contributed by atoms with Crippen molar-refractivity contribution in [1.82, 2.24) is 5.43 Å². The highest BCUT2D eigenvalue weighted by atomic mass is 35.5. The van der Waals surface area contributed by atoms with Crippen molar-refractivity contribution in [2.24, 2.45) is 10.8 Å². The van der Waals surface area contributed by atoms with Gasteiger partial charge in [-0.05, 0) is 6.07 Å². The fourth-order valence-electron chi connectivity index (χ4n) is 1.05. The molecule has 4 N–H and O–H groups in total. The highest BCUT2D eigenvalue weighted by molar-refractivity contribution is 6.40. The number of aromatic carboxylic acids is 1. The molecular weight excluding hydrogens is 288 g/mol. The number of urea groups is 1. The number of carboxylic acid groups (broad SMARTS) is 1. The van der Waals surface area contributed by atoms with Crippen LogP contribution in [0.15, 0.2) is 11.2 Å². The molecule has 2 amide bonds. The minimum absolute atomic E-state index is 0.176. The number of nitrogens with two attached hydrogens (primary N) is 1. The van der Waals surface area contributed by atoms with Crippen molar-refractivity contribution in [2.75, 3.05) is 0 Å². The van der Waals surface area contributed by atoms with Gasteiger partial charge in [0.15, 0.2) is 0 Å². The average Bonchev–Trinajstić information content (AvgIpc) is 2.27. The number of halogens is 3. The van der Waals surface area contributed by atoms with Crippen LogP contribution in [0.2, 0.25) is 10.0 Å². The highest BCUT2D eigenvalue weighted by Crippen LogP contribution is 2.29. The largest absolute Gasteiger partial charge is 0.478 e. The fraction of sp³-hybridized carbons (Fsp3) is 0. The van der Waals surface area contributed by atoms with Crippen molar-refractivity contribution >= 4 is 41.4 Å². The van der Waals surface area contributed by atoms with Gasteiger partial charge in [-0.25, -0.2) is 19.4 Å². The number of nitrogens with one attached hydrogen (secondary N) is 1. The predicted octanol–water partition coefficient (Wildman–Crippen LogP) is 1.83. The van der Waals surface area contributed by atoms with Gasteiger partial charge in [-0.3, -0.25) is 0 Å². The van der Waals surface area contributed by atoms with E-state index in [4.69, 9.17) is 34.0 Å². The number of carbonyl (C=O) groups excluding carboxylic acids is 1. The van der Waals surface area contributed by atoms with E-state index in [0.717, 1.165) is 6.21 Å². The smallest absolute Gasteiger partial charge is 0.337 e. The van der Waals surface area contributed by atoms with Crippen LogP contribution in [0.3, 0.4) is 0 Å². The summed E-state index contributed by atoms with van der Waals surface area (Å²) in [6.07, 6.45) is 0.894. The molecule has 0 aliphatic rings. The lowest BCUT2D eigenvalue weighted by atomic mass is 10.1. The molecule has 0 spiro atoms. The second-order valence-corrected chi connectivity index (χ2v) is 3.74. The van der Waals surface area contributed by atoms with Crippen LogP contribution in [-0.4, -0.2) is 23.3 Å². The first-order chi connectivity index (χ1) is 8.34. The van der Waals surface area contributed by atoms with Crippen LogP contribution in [0.4, 0.5) is 9.18 Å². The first-order valence-electron chi connectivity index (χ1n) is 4.34. The molecule has 0 atom stereocenters. The van der Waals surface area contributed by atoms with Crippen molar-refractivity contribution in [2.45, 2.75) is 0 Å². The number of carboxylic acids is 1. The Bertz CT molecular complexity index is 548. The normalized spacial score (nSPS) is 10.6. The lowest BCUT2D eigenvalue weighted by Gasteiger charge is -2.06. The maximum atomic E-state index is 13.3. The summed E-state index contributed by atoms with van der Waals surface area (Å²) < 4.78 is 13.3. The molecule has 0 bridgehead atoms. The molecule has 0 radical (unpaired) electrons. The number of hydrazone groups is 1. The standard InChI is InChI=1S/C9H6Cl2FN3O3/c10-6-3(8(16)17)1-5(12)7(11)4(6)2-14-15-9(13)18/h1-2H,(H,16,17)(H3,13,15,18). The summed E-state index contributed by atoms with van der Waals surface area (Å²) in [6.45, 7) is 0. The summed E-state index contributed by atoms with van der Waals surface area (Å²) in [7, 11) is 0. The third-order valence-electron chi connectivity index (χ3n) is 1.79. The van der Waals surface area contributed by atoms with E-state index in [1.54, 1.807) is 0 Å². The number of rotatable bonds is 3. The van der Waals surface area contributed by atoms with Crippen molar-refractivity contribution < 1.29 is 19.1 Å². The van der Waals surface area contributed by atoms with E-state index < -0.39 is 28.4 Å². The molecule has 0 fully saturated rings. The monoisotopic (exact) mass is 293 g/mol. The fourth-order valence-corrected chi connectivity index (χ4v) is 1.58. The SMILES string of the molecule is NC(=O)NN=Cc1c(Cl)c(F)cc(C(=O)O)c1Cl. The van der Waals surface area contributed by atoms with Crippen LogP contribution in [-0.2, 0) is 0 Å². The molecule has 0 saturated carbocycles. The van der Waals surface area contributed by atoms with Gasteiger partial charge in [-0.15, -0.1) is 0 Å². The van der Waals surface area contributed by atoms with Crippen LogP contribution in [0.1, 0.15) is 15.9 Å². The lowest BCUT2D eigenvalue weighted by molar-refractivity contribution is 0.0696. The van der Waals surface area contributed by atoms with E-state index in [-0.39, 0.29) is 10.6 Å². The quantitative estimate of drug-likeness (QED) is 0.450.